The molecule has 0 aliphatic carbocycles. The number of nitrogens with one attached hydrogen (secondary N) is 1. The van der Waals surface area contributed by atoms with E-state index >= 15 is 0 Å². The second kappa shape index (κ2) is 1.64. The van der Waals surface area contributed by atoms with E-state index in [1.807, 2.05) is 6.92 Å². The van der Waals surface area contributed by atoms with E-state index in [-0.39, 0.29) is 5.00 Å². The van der Waals surface area contributed by atoms with Crippen LogP contribution in [-0.2, 0) is 0 Å². The molecule has 1 nitrogen and oxygen atoms in total. The molecule has 2 heteroatoms. The van der Waals surface area contributed by atoms with Crippen molar-refractivity contribution in [3.05, 3.63) is 0 Å². The van der Waals surface area contributed by atoms with Gasteiger partial charge in [-0.25, -0.2) is 0 Å². The summed E-state index contributed by atoms with van der Waals surface area (Å²) in [6.45, 7) is 3.10. The highest BCUT2D eigenvalue weighted by atomic mass is 35.5. The average Bonchev–Trinajstić information content (AvgIpc) is 1.84. The van der Waals surface area contributed by atoms with Crippen molar-refractivity contribution in [1.82, 2.24) is 5.32 Å². The third kappa shape index (κ3) is 1.32. The molecule has 42 valence electrons. The van der Waals surface area contributed by atoms with E-state index < -0.39 is 0 Å². The molecule has 0 aromatic heterocycles. The molecule has 1 N–H and O–H groups in total. The van der Waals surface area contributed by atoms with Crippen LogP contribution in [0, 0.1) is 0 Å². The molecule has 1 atom stereocenters. The maximum Gasteiger partial charge on any atom is 0.0907 e. The highest BCUT2D eigenvalue weighted by molar-refractivity contribution is 6.23. The molecule has 1 heterocycles. The van der Waals surface area contributed by atoms with E-state index in [0.717, 1.165) is 13.0 Å². The highest BCUT2D eigenvalue weighted by Gasteiger charge is 2.23. The lowest BCUT2D eigenvalue weighted by Crippen LogP contribution is -2.28. The quantitative estimate of drug-likeness (QED) is 0.375. The van der Waals surface area contributed by atoms with E-state index in [4.69, 9.17) is 11.6 Å². The van der Waals surface area contributed by atoms with Crippen LogP contribution in [-0.4, -0.2) is 11.5 Å². The van der Waals surface area contributed by atoms with Crippen LogP contribution in [0.5, 0.6) is 0 Å². The van der Waals surface area contributed by atoms with Crippen LogP contribution in [0.3, 0.4) is 0 Å². The van der Waals surface area contributed by atoms with Crippen LogP contribution in [0.4, 0.5) is 0 Å². The molecule has 1 rings (SSSR count). The van der Waals surface area contributed by atoms with E-state index in [0.29, 0.717) is 0 Å². The van der Waals surface area contributed by atoms with Gasteiger partial charge in [-0.1, -0.05) is 0 Å². The first-order valence-electron chi connectivity index (χ1n) is 2.65. The molecule has 0 radical (unpaired) electrons. The van der Waals surface area contributed by atoms with Crippen molar-refractivity contribution in [1.29, 1.82) is 0 Å². The Labute approximate surface area is 49.0 Å². The fraction of sp³-hybridized carbons (Fsp3) is 1.00. The molecule has 1 aliphatic rings. The Balaban J connectivity index is 2.40. The lowest BCUT2D eigenvalue weighted by molar-refractivity contribution is 0.590. The normalized spacial score (nSPS) is 42.0. The third-order valence-corrected chi connectivity index (χ3v) is 1.64. The summed E-state index contributed by atoms with van der Waals surface area (Å²) in [6.07, 6.45) is 2.33. The first-order valence-corrected chi connectivity index (χ1v) is 3.02. The molecular weight excluding hydrogens is 110 g/mol. The minimum Gasteiger partial charge on any atom is -0.299 e. The Kier molecular flexibility index (Phi) is 1.26. The second-order valence-corrected chi connectivity index (χ2v) is 3.06. The van der Waals surface area contributed by atoms with Gasteiger partial charge in [0.25, 0.3) is 0 Å². The first-order chi connectivity index (χ1) is 3.21. The first kappa shape index (κ1) is 5.39. The Morgan fingerprint density at radius 2 is 2.43 bits per heavy atom. The summed E-state index contributed by atoms with van der Waals surface area (Å²) < 4.78 is 0. The van der Waals surface area contributed by atoms with Gasteiger partial charge in [0.05, 0.1) is 5.00 Å². The minimum absolute atomic E-state index is 0.0833. The molecule has 1 fully saturated rings. The SMILES string of the molecule is CC1(Cl)CCCN1. The fourth-order valence-electron chi connectivity index (χ4n) is 0.858. The molecular formula is C5H10ClN. The molecule has 0 spiro atoms. The minimum atomic E-state index is -0.0833. The van der Waals surface area contributed by atoms with Gasteiger partial charge >= 0.3 is 0 Å². The molecule has 0 saturated carbocycles. The van der Waals surface area contributed by atoms with Gasteiger partial charge in [-0.3, -0.25) is 5.32 Å². The molecule has 1 saturated heterocycles. The lowest BCUT2D eigenvalue weighted by atomic mass is 10.2. The zero-order valence-corrected chi connectivity index (χ0v) is 5.26. The lowest BCUT2D eigenvalue weighted by Gasteiger charge is -2.12. The topological polar surface area (TPSA) is 12.0 Å². The monoisotopic (exact) mass is 119 g/mol. The van der Waals surface area contributed by atoms with E-state index in [2.05, 4.69) is 5.32 Å². The summed E-state index contributed by atoms with van der Waals surface area (Å²) in [7, 11) is 0. The summed E-state index contributed by atoms with van der Waals surface area (Å²) in [6, 6.07) is 0. The maximum atomic E-state index is 5.86. The summed E-state index contributed by atoms with van der Waals surface area (Å²) in [4.78, 5) is -0.0833. The number of hydrogen-bond acceptors (Lipinski definition) is 1. The summed E-state index contributed by atoms with van der Waals surface area (Å²) in [5.74, 6) is 0. The van der Waals surface area contributed by atoms with Crippen LogP contribution in [0.25, 0.3) is 0 Å². The largest absolute Gasteiger partial charge is 0.299 e. The summed E-state index contributed by atoms with van der Waals surface area (Å²) in [5.41, 5.74) is 0. The van der Waals surface area contributed by atoms with E-state index in [1.54, 1.807) is 0 Å². The smallest absolute Gasteiger partial charge is 0.0907 e. The van der Waals surface area contributed by atoms with Crippen molar-refractivity contribution >= 4 is 11.6 Å². The van der Waals surface area contributed by atoms with Crippen LogP contribution in [0.2, 0.25) is 0 Å². The van der Waals surface area contributed by atoms with Crippen LogP contribution >= 0.6 is 11.6 Å². The zero-order valence-electron chi connectivity index (χ0n) is 4.50. The van der Waals surface area contributed by atoms with Gasteiger partial charge in [0.2, 0.25) is 0 Å². The van der Waals surface area contributed by atoms with Crippen LogP contribution in [0.1, 0.15) is 19.8 Å². The third-order valence-electron chi connectivity index (χ3n) is 1.32. The van der Waals surface area contributed by atoms with Gasteiger partial charge in [-0.05, 0) is 26.3 Å². The van der Waals surface area contributed by atoms with Crippen molar-refractivity contribution in [3.8, 4) is 0 Å². The number of hydrogen-bond donors (Lipinski definition) is 1. The van der Waals surface area contributed by atoms with Crippen LogP contribution < -0.4 is 5.32 Å². The number of halogens is 1. The molecule has 0 amide bonds. The summed E-state index contributed by atoms with van der Waals surface area (Å²) in [5, 5.41) is 3.16. The highest BCUT2D eigenvalue weighted by Crippen LogP contribution is 2.21. The van der Waals surface area contributed by atoms with Crippen molar-refractivity contribution < 1.29 is 0 Å². The number of rotatable bonds is 0. The molecule has 0 bridgehead atoms. The second-order valence-electron chi connectivity index (χ2n) is 2.23. The number of alkyl halides is 1. The van der Waals surface area contributed by atoms with Gasteiger partial charge in [0, 0.05) is 0 Å². The predicted molar refractivity (Wildman–Crippen MR) is 31.5 cm³/mol. The fourth-order valence-corrected chi connectivity index (χ4v) is 1.09. The molecule has 1 aliphatic heterocycles. The summed E-state index contributed by atoms with van der Waals surface area (Å²) >= 11 is 5.86. The standard InChI is InChI=1S/C5H10ClN/c1-5(6)3-2-4-7-5/h7H,2-4H2,1H3. The maximum absolute atomic E-state index is 5.86. The Morgan fingerprint density at radius 3 is 2.57 bits per heavy atom. The molecule has 7 heavy (non-hydrogen) atoms. The van der Waals surface area contributed by atoms with E-state index in [1.165, 1.54) is 6.42 Å². The molecule has 1 unspecified atom stereocenters. The van der Waals surface area contributed by atoms with Crippen molar-refractivity contribution in [2.45, 2.75) is 24.8 Å². The Morgan fingerprint density at radius 1 is 1.71 bits per heavy atom. The Bertz CT molecular complexity index is 62.5. The van der Waals surface area contributed by atoms with Gasteiger partial charge in [-0.15, -0.1) is 11.6 Å². The molecule has 0 aromatic carbocycles. The van der Waals surface area contributed by atoms with E-state index in [9.17, 15) is 0 Å². The van der Waals surface area contributed by atoms with Crippen molar-refractivity contribution in [3.63, 3.8) is 0 Å². The van der Waals surface area contributed by atoms with Gasteiger partial charge in [0.15, 0.2) is 0 Å². The van der Waals surface area contributed by atoms with Crippen molar-refractivity contribution in [2.75, 3.05) is 6.54 Å². The van der Waals surface area contributed by atoms with Gasteiger partial charge in [0.1, 0.15) is 0 Å². The predicted octanol–water partition coefficient (Wildman–Crippen LogP) is 1.32. The average molecular weight is 120 g/mol. The zero-order chi connectivity index (χ0) is 5.33. The van der Waals surface area contributed by atoms with Crippen LogP contribution in [0.15, 0.2) is 0 Å². The van der Waals surface area contributed by atoms with Gasteiger partial charge in [-0.2, -0.15) is 0 Å². The van der Waals surface area contributed by atoms with Gasteiger partial charge < -0.3 is 0 Å². The Hall–Kier alpha value is 0.250. The van der Waals surface area contributed by atoms with Crippen molar-refractivity contribution in [2.24, 2.45) is 0 Å². The molecule has 0 aromatic rings.